The van der Waals surface area contributed by atoms with E-state index in [0.717, 1.165) is 56.1 Å². The molecular formula is C24H29N3O4. The van der Waals surface area contributed by atoms with Crippen molar-refractivity contribution in [3.63, 3.8) is 0 Å². The van der Waals surface area contributed by atoms with Crippen molar-refractivity contribution in [2.75, 3.05) is 38.3 Å². The van der Waals surface area contributed by atoms with Crippen molar-refractivity contribution in [1.82, 2.24) is 9.88 Å². The van der Waals surface area contributed by atoms with Gasteiger partial charge in [-0.2, -0.15) is 0 Å². The highest BCUT2D eigenvalue weighted by atomic mass is 16.5. The first-order chi connectivity index (χ1) is 15.0. The van der Waals surface area contributed by atoms with Crippen molar-refractivity contribution in [1.29, 1.82) is 0 Å². The zero-order valence-electron chi connectivity index (χ0n) is 18.1. The van der Waals surface area contributed by atoms with E-state index in [1.165, 1.54) is 11.1 Å². The van der Waals surface area contributed by atoms with E-state index in [2.05, 4.69) is 23.1 Å². The number of nitrogens with zero attached hydrogens (tertiary/aromatic N) is 3. The topological polar surface area (TPSA) is 75.1 Å². The third-order valence-electron chi connectivity index (χ3n) is 6.72. The number of hydrogen-bond donors (Lipinski definition) is 1. The number of ether oxygens (including phenoxy) is 2. The highest BCUT2D eigenvalue weighted by Crippen LogP contribution is 2.35. The monoisotopic (exact) mass is 423 g/mol. The lowest BCUT2D eigenvalue weighted by molar-refractivity contribution is 0.0715. The van der Waals surface area contributed by atoms with Gasteiger partial charge < -0.3 is 24.4 Å². The molecular weight excluding hydrogens is 394 g/mol. The number of likely N-dealkylation sites (N-methyl/N-ethyl adjacent to an activating group) is 1. The van der Waals surface area contributed by atoms with Crippen LogP contribution in [0, 0.1) is 6.92 Å². The molecule has 164 valence electrons. The van der Waals surface area contributed by atoms with Crippen LogP contribution in [0.15, 0.2) is 24.3 Å². The molecule has 31 heavy (non-hydrogen) atoms. The number of carbonyl (C=O) groups is 1. The van der Waals surface area contributed by atoms with Crippen molar-refractivity contribution in [2.24, 2.45) is 0 Å². The van der Waals surface area contributed by atoms with Crippen LogP contribution in [0.2, 0.25) is 0 Å². The molecule has 0 spiro atoms. The number of piperidine rings is 1. The zero-order valence-corrected chi connectivity index (χ0v) is 18.1. The lowest BCUT2D eigenvalue weighted by atomic mass is 10.0. The summed E-state index contributed by atoms with van der Waals surface area (Å²) in [6, 6.07) is 7.91. The van der Waals surface area contributed by atoms with E-state index in [9.17, 15) is 9.90 Å². The highest BCUT2D eigenvalue weighted by Gasteiger charge is 2.36. The van der Waals surface area contributed by atoms with E-state index in [1.807, 2.05) is 13.0 Å². The number of amides is 1. The minimum Gasteiger partial charge on any atom is -0.490 e. The molecule has 7 heteroatoms. The predicted molar refractivity (Wildman–Crippen MR) is 117 cm³/mol. The standard InChI is InChI=1S/C24H29N3O4/c1-15-11-20-22(21(13-28)26(2)24(20)29)25-23(15)27-8-5-18(6-9-27)31-19-4-3-16-7-10-30-14-17(16)12-19/h3-4,11-12,18,21,28H,5-10,13-14H2,1-2H3. The Morgan fingerprint density at radius 2 is 2.03 bits per heavy atom. The Balaban J connectivity index is 1.27. The SMILES string of the molecule is Cc1cc2c(nc1N1CCC(Oc3ccc4c(c3)COCC4)CC1)C(CO)N(C)C2=O. The van der Waals surface area contributed by atoms with Crippen molar-refractivity contribution < 1.29 is 19.4 Å². The molecule has 0 aliphatic carbocycles. The number of aliphatic hydroxyl groups excluding tert-OH is 1. The summed E-state index contributed by atoms with van der Waals surface area (Å²) < 4.78 is 11.9. The van der Waals surface area contributed by atoms with Crippen LogP contribution in [0.4, 0.5) is 5.82 Å². The molecule has 5 rings (SSSR count). The maximum absolute atomic E-state index is 12.4. The summed E-state index contributed by atoms with van der Waals surface area (Å²) in [6.45, 7) is 5.04. The van der Waals surface area contributed by atoms with Crippen LogP contribution in [0.5, 0.6) is 5.75 Å². The van der Waals surface area contributed by atoms with Crippen LogP contribution in [-0.2, 0) is 17.8 Å². The Labute approximate surface area is 182 Å². The molecule has 3 aliphatic heterocycles. The molecule has 1 aromatic carbocycles. The minimum atomic E-state index is -0.365. The minimum absolute atomic E-state index is 0.0706. The summed E-state index contributed by atoms with van der Waals surface area (Å²) in [7, 11) is 1.72. The summed E-state index contributed by atoms with van der Waals surface area (Å²) in [4.78, 5) is 21.1. The molecule has 1 amide bonds. The van der Waals surface area contributed by atoms with Gasteiger partial charge in [0.15, 0.2) is 0 Å². The summed E-state index contributed by atoms with van der Waals surface area (Å²) in [5, 5.41) is 9.75. The van der Waals surface area contributed by atoms with Gasteiger partial charge >= 0.3 is 0 Å². The molecule has 0 saturated carbocycles. The molecule has 1 atom stereocenters. The van der Waals surface area contributed by atoms with Gasteiger partial charge in [-0.15, -0.1) is 0 Å². The quantitative estimate of drug-likeness (QED) is 0.815. The maximum Gasteiger partial charge on any atom is 0.256 e. The fourth-order valence-corrected chi connectivity index (χ4v) is 4.88. The number of pyridine rings is 1. The van der Waals surface area contributed by atoms with Crippen molar-refractivity contribution in [3.8, 4) is 5.75 Å². The second-order valence-electron chi connectivity index (χ2n) is 8.71. The predicted octanol–water partition coefficient (Wildman–Crippen LogP) is 2.63. The molecule has 1 fully saturated rings. The van der Waals surface area contributed by atoms with Crippen LogP contribution in [0.25, 0.3) is 0 Å². The van der Waals surface area contributed by atoms with Crippen LogP contribution >= 0.6 is 0 Å². The third-order valence-corrected chi connectivity index (χ3v) is 6.72. The average molecular weight is 424 g/mol. The molecule has 1 unspecified atom stereocenters. The number of anilines is 1. The number of rotatable bonds is 4. The lowest BCUT2D eigenvalue weighted by Crippen LogP contribution is -2.39. The second kappa shape index (κ2) is 8.13. The van der Waals surface area contributed by atoms with Gasteiger partial charge in [0.25, 0.3) is 5.91 Å². The van der Waals surface area contributed by atoms with Crippen molar-refractivity contribution in [2.45, 2.75) is 44.9 Å². The Morgan fingerprint density at radius 3 is 2.81 bits per heavy atom. The molecule has 0 bridgehead atoms. The number of aryl methyl sites for hydroxylation is 1. The first-order valence-corrected chi connectivity index (χ1v) is 11.1. The normalized spacial score (nSPS) is 21.3. The number of aromatic nitrogens is 1. The van der Waals surface area contributed by atoms with E-state index in [0.29, 0.717) is 17.9 Å². The van der Waals surface area contributed by atoms with Crippen molar-refractivity contribution >= 4 is 11.7 Å². The zero-order chi connectivity index (χ0) is 21.5. The van der Waals surface area contributed by atoms with Gasteiger partial charge in [-0.05, 0) is 48.2 Å². The number of carbonyl (C=O) groups excluding carboxylic acids is 1. The van der Waals surface area contributed by atoms with Gasteiger partial charge in [-0.3, -0.25) is 4.79 Å². The number of hydrogen-bond acceptors (Lipinski definition) is 6. The van der Waals surface area contributed by atoms with Crippen LogP contribution < -0.4 is 9.64 Å². The third kappa shape index (κ3) is 3.66. The Morgan fingerprint density at radius 1 is 1.23 bits per heavy atom. The van der Waals surface area contributed by atoms with Gasteiger partial charge in [0, 0.05) is 33.0 Å². The Bertz CT molecular complexity index is 1000. The van der Waals surface area contributed by atoms with E-state index in [-0.39, 0.29) is 24.7 Å². The maximum atomic E-state index is 12.4. The van der Waals surface area contributed by atoms with Crippen LogP contribution in [0.3, 0.4) is 0 Å². The smallest absolute Gasteiger partial charge is 0.256 e. The van der Waals surface area contributed by atoms with Gasteiger partial charge in [0.1, 0.15) is 17.7 Å². The largest absolute Gasteiger partial charge is 0.490 e. The number of fused-ring (bicyclic) bond motifs is 2. The first-order valence-electron chi connectivity index (χ1n) is 11.1. The van der Waals surface area contributed by atoms with E-state index < -0.39 is 0 Å². The molecule has 7 nitrogen and oxygen atoms in total. The summed E-state index contributed by atoms with van der Waals surface area (Å²) in [6.07, 6.45) is 2.97. The van der Waals surface area contributed by atoms with E-state index >= 15 is 0 Å². The number of benzene rings is 1. The Kier molecular flexibility index (Phi) is 5.32. The molecule has 2 aromatic rings. The van der Waals surface area contributed by atoms with Gasteiger partial charge in [0.05, 0.1) is 37.1 Å². The van der Waals surface area contributed by atoms with E-state index in [1.54, 1.807) is 11.9 Å². The number of aliphatic hydroxyl groups is 1. The molecule has 1 aromatic heterocycles. The fraction of sp³-hybridized carbons (Fsp3) is 0.500. The van der Waals surface area contributed by atoms with Crippen LogP contribution in [0.1, 0.15) is 51.6 Å². The fourth-order valence-electron chi connectivity index (χ4n) is 4.88. The molecule has 1 N–H and O–H groups in total. The first kappa shape index (κ1) is 20.3. The molecule has 3 aliphatic rings. The van der Waals surface area contributed by atoms with Gasteiger partial charge in [-0.25, -0.2) is 4.98 Å². The lowest BCUT2D eigenvalue weighted by Gasteiger charge is -2.34. The second-order valence-corrected chi connectivity index (χ2v) is 8.71. The average Bonchev–Trinajstić information content (AvgIpc) is 3.02. The van der Waals surface area contributed by atoms with Gasteiger partial charge in [-0.1, -0.05) is 6.07 Å². The summed E-state index contributed by atoms with van der Waals surface area (Å²) in [5.41, 5.74) is 4.88. The molecule has 1 saturated heterocycles. The molecule has 4 heterocycles. The van der Waals surface area contributed by atoms with Crippen LogP contribution in [-0.4, -0.2) is 60.4 Å². The van der Waals surface area contributed by atoms with E-state index in [4.69, 9.17) is 14.5 Å². The summed E-state index contributed by atoms with van der Waals surface area (Å²) >= 11 is 0. The highest BCUT2D eigenvalue weighted by molar-refractivity contribution is 5.99. The van der Waals surface area contributed by atoms with Crippen molar-refractivity contribution in [3.05, 3.63) is 52.2 Å². The molecule has 0 radical (unpaired) electrons. The Hall–Kier alpha value is -2.64. The van der Waals surface area contributed by atoms with Gasteiger partial charge in [0.2, 0.25) is 0 Å². The summed E-state index contributed by atoms with van der Waals surface area (Å²) in [5.74, 6) is 1.75.